The highest BCUT2D eigenvalue weighted by Crippen LogP contribution is 2.37. The molecule has 0 radical (unpaired) electrons. The number of nitrogens with one attached hydrogen (secondary N) is 1. The Bertz CT molecular complexity index is 526. The molecule has 0 bridgehead atoms. The molecule has 0 saturated carbocycles. The smallest absolute Gasteiger partial charge is 0.418 e. The lowest BCUT2D eigenvalue weighted by atomic mass is 10.1. The Morgan fingerprint density at radius 1 is 1.33 bits per heavy atom. The molecule has 1 amide bonds. The minimum Gasteiger partial charge on any atom is -0.444 e. The summed E-state index contributed by atoms with van der Waals surface area (Å²) < 4.78 is 42.5. The van der Waals surface area contributed by atoms with Gasteiger partial charge in [-0.25, -0.2) is 4.79 Å². The van der Waals surface area contributed by atoms with Gasteiger partial charge < -0.3 is 9.84 Å². The second kappa shape index (κ2) is 6.11. The van der Waals surface area contributed by atoms with Crippen molar-refractivity contribution in [1.82, 2.24) is 0 Å². The number of carbonyl (C=O) groups excluding carboxylic acids is 1. The maximum atomic E-state index is 12.5. The van der Waals surface area contributed by atoms with E-state index in [4.69, 9.17) is 16.3 Å². The second-order valence-electron chi connectivity index (χ2n) is 5.31. The van der Waals surface area contributed by atoms with Crippen LogP contribution in [0.3, 0.4) is 0 Å². The lowest BCUT2D eigenvalue weighted by Gasteiger charge is -2.20. The molecule has 2 N–H and O–H groups in total. The summed E-state index contributed by atoms with van der Waals surface area (Å²) in [5.74, 6) is 0. The largest absolute Gasteiger partial charge is 0.444 e. The van der Waals surface area contributed by atoms with Crippen LogP contribution in [0.15, 0.2) is 18.2 Å². The van der Waals surface area contributed by atoms with E-state index in [1.165, 1.54) is 6.07 Å². The third-order valence-electron chi connectivity index (χ3n) is 2.25. The van der Waals surface area contributed by atoms with Gasteiger partial charge in [0.05, 0.1) is 0 Å². The van der Waals surface area contributed by atoms with Crippen molar-refractivity contribution in [2.24, 2.45) is 0 Å². The van der Waals surface area contributed by atoms with Gasteiger partial charge in [0.2, 0.25) is 0 Å². The molecule has 1 atom stereocenters. The number of ether oxygens (including phenoxy) is 1. The van der Waals surface area contributed by atoms with E-state index in [1.54, 1.807) is 20.8 Å². The van der Waals surface area contributed by atoms with Crippen LogP contribution in [0.1, 0.15) is 32.4 Å². The summed E-state index contributed by atoms with van der Waals surface area (Å²) in [7, 11) is 0. The van der Waals surface area contributed by atoms with Crippen molar-refractivity contribution < 1.29 is 27.8 Å². The summed E-state index contributed by atoms with van der Waals surface area (Å²) in [6, 6.07) is 3.40. The predicted octanol–water partition coefficient (Wildman–Crippen LogP) is 4.28. The molecule has 0 unspecified atom stereocenters. The van der Waals surface area contributed by atoms with Crippen LogP contribution >= 0.6 is 11.6 Å². The quantitative estimate of drug-likeness (QED) is 0.853. The molecule has 21 heavy (non-hydrogen) atoms. The zero-order valence-electron chi connectivity index (χ0n) is 11.6. The summed E-state index contributed by atoms with van der Waals surface area (Å²) in [5.41, 5.74) is -1.25. The molecule has 0 fully saturated rings. The van der Waals surface area contributed by atoms with Gasteiger partial charge in [-0.3, -0.25) is 5.32 Å². The fraction of sp³-hybridized carbons (Fsp3) is 0.462. The normalized spacial score (nSPS) is 13.7. The molecular weight excluding hydrogens is 311 g/mol. The first kappa shape index (κ1) is 17.6. The van der Waals surface area contributed by atoms with E-state index >= 15 is 0 Å². The number of amides is 1. The van der Waals surface area contributed by atoms with E-state index in [0.717, 1.165) is 12.1 Å². The summed E-state index contributed by atoms with van der Waals surface area (Å²) in [6.07, 6.45) is -8.41. The lowest BCUT2D eigenvalue weighted by molar-refractivity contribution is -0.206. The van der Waals surface area contributed by atoms with Crippen molar-refractivity contribution in [2.45, 2.75) is 38.7 Å². The minimum atomic E-state index is -4.85. The molecule has 4 nitrogen and oxygen atoms in total. The number of aliphatic hydroxyl groups is 1. The molecule has 0 heterocycles. The fourth-order valence-electron chi connectivity index (χ4n) is 1.43. The van der Waals surface area contributed by atoms with Gasteiger partial charge in [0, 0.05) is 16.3 Å². The summed E-state index contributed by atoms with van der Waals surface area (Å²) in [5, 5.41) is 11.2. The molecule has 0 saturated heterocycles. The van der Waals surface area contributed by atoms with Gasteiger partial charge in [-0.05, 0) is 39.0 Å². The third-order valence-corrected chi connectivity index (χ3v) is 2.59. The number of hydrogen-bond acceptors (Lipinski definition) is 3. The van der Waals surface area contributed by atoms with E-state index in [2.05, 4.69) is 5.32 Å². The number of anilines is 1. The molecule has 0 aliphatic rings. The monoisotopic (exact) mass is 325 g/mol. The van der Waals surface area contributed by atoms with Crippen molar-refractivity contribution in [3.63, 3.8) is 0 Å². The molecule has 8 heteroatoms. The number of benzene rings is 1. The molecule has 0 aromatic heterocycles. The van der Waals surface area contributed by atoms with E-state index in [1.807, 2.05) is 0 Å². The Morgan fingerprint density at radius 3 is 2.38 bits per heavy atom. The average Bonchev–Trinajstić information content (AvgIpc) is 2.27. The standard InChI is InChI=1S/C13H15ClF3NO3/c1-12(2,3)21-11(20)18-7-4-5-9(14)8(6-7)10(19)13(15,16)17/h4-6,10,19H,1-3H3,(H,18,20)/t10-/m0/s1. The van der Waals surface area contributed by atoms with Crippen LogP contribution in [-0.4, -0.2) is 23.0 Å². The minimum absolute atomic E-state index is 0.0342. The van der Waals surface area contributed by atoms with Gasteiger partial charge in [0.1, 0.15) is 5.60 Å². The van der Waals surface area contributed by atoms with Gasteiger partial charge in [-0.15, -0.1) is 0 Å². The van der Waals surface area contributed by atoms with Gasteiger partial charge >= 0.3 is 12.3 Å². The Hall–Kier alpha value is -1.47. The van der Waals surface area contributed by atoms with Gasteiger partial charge in [-0.1, -0.05) is 11.6 Å². The van der Waals surface area contributed by atoms with Crippen LogP contribution in [0, 0.1) is 0 Å². The highest BCUT2D eigenvalue weighted by atomic mass is 35.5. The van der Waals surface area contributed by atoms with Crippen molar-refractivity contribution in [2.75, 3.05) is 5.32 Å². The van der Waals surface area contributed by atoms with Crippen molar-refractivity contribution in [1.29, 1.82) is 0 Å². The van der Waals surface area contributed by atoms with Crippen LogP contribution < -0.4 is 5.32 Å². The Morgan fingerprint density at radius 2 is 1.90 bits per heavy atom. The Balaban J connectivity index is 2.95. The summed E-state index contributed by atoms with van der Waals surface area (Å²) in [4.78, 5) is 11.5. The van der Waals surface area contributed by atoms with E-state index in [9.17, 15) is 23.1 Å². The SMILES string of the molecule is CC(C)(C)OC(=O)Nc1ccc(Cl)c([C@H](O)C(F)(F)F)c1. The molecule has 1 rings (SSSR count). The van der Waals surface area contributed by atoms with Crippen LogP contribution in [0.25, 0.3) is 0 Å². The third kappa shape index (κ3) is 5.43. The van der Waals surface area contributed by atoms with Crippen molar-refractivity contribution in [3.8, 4) is 0 Å². The van der Waals surface area contributed by atoms with Crippen molar-refractivity contribution in [3.05, 3.63) is 28.8 Å². The van der Waals surface area contributed by atoms with Crippen LogP contribution in [0.2, 0.25) is 5.02 Å². The predicted molar refractivity (Wildman–Crippen MR) is 72.3 cm³/mol. The van der Waals surface area contributed by atoms with Gasteiger partial charge in [-0.2, -0.15) is 13.2 Å². The molecule has 0 aliphatic heterocycles. The highest BCUT2D eigenvalue weighted by molar-refractivity contribution is 6.31. The van der Waals surface area contributed by atoms with Gasteiger partial charge in [0.15, 0.2) is 6.10 Å². The van der Waals surface area contributed by atoms with Gasteiger partial charge in [0.25, 0.3) is 0 Å². The maximum Gasteiger partial charge on any atom is 0.418 e. The fourth-order valence-corrected chi connectivity index (χ4v) is 1.65. The van der Waals surface area contributed by atoms with Crippen LogP contribution in [-0.2, 0) is 4.74 Å². The molecule has 0 spiro atoms. The molecule has 1 aromatic rings. The number of carbonyl (C=O) groups is 1. The van der Waals surface area contributed by atoms with E-state index in [0.29, 0.717) is 0 Å². The lowest BCUT2D eigenvalue weighted by Crippen LogP contribution is -2.27. The zero-order valence-corrected chi connectivity index (χ0v) is 12.3. The first-order chi connectivity index (χ1) is 9.40. The zero-order chi connectivity index (χ0) is 16.4. The summed E-state index contributed by atoms with van der Waals surface area (Å²) >= 11 is 5.64. The molecule has 1 aromatic carbocycles. The van der Waals surface area contributed by atoms with Crippen molar-refractivity contribution >= 4 is 23.4 Å². The topological polar surface area (TPSA) is 58.6 Å². The highest BCUT2D eigenvalue weighted by Gasteiger charge is 2.40. The van der Waals surface area contributed by atoms with E-state index < -0.39 is 29.5 Å². The number of hydrogen-bond donors (Lipinski definition) is 2. The number of rotatable bonds is 2. The van der Waals surface area contributed by atoms with Crippen LogP contribution in [0.5, 0.6) is 0 Å². The molecule has 118 valence electrons. The molecule has 0 aliphatic carbocycles. The van der Waals surface area contributed by atoms with E-state index in [-0.39, 0.29) is 10.7 Å². The Kier molecular flexibility index (Phi) is 5.11. The number of alkyl halides is 3. The Labute approximate surface area is 124 Å². The summed E-state index contributed by atoms with van der Waals surface area (Å²) in [6.45, 7) is 4.94. The number of aliphatic hydroxyl groups excluding tert-OH is 1. The average molecular weight is 326 g/mol. The second-order valence-corrected chi connectivity index (χ2v) is 5.71. The number of halogens is 4. The first-order valence-corrected chi connectivity index (χ1v) is 6.32. The maximum absolute atomic E-state index is 12.5. The van der Waals surface area contributed by atoms with Crippen LogP contribution in [0.4, 0.5) is 23.7 Å². The molecular formula is C13H15ClF3NO3. The first-order valence-electron chi connectivity index (χ1n) is 5.94.